The van der Waals surface area contributed by atoms with E-state index in [1.165, 1.54) is 25.4 Å². The highest BCUT2D eigenvalue weighted by Gasteiger charge is 2.47. The van der Waals surface area contributed by atoms with E-state index in [1.807, 2.05) is 0 Å². The van der Waals surface area contributed by atoms with Crippen molar-refractivity contribution in [1.82, 2.24) is 14.6 Å². The van der Waals surface area contributed by atoms with Crippen molar-refractivity contribution in [2.24, 2.45) is 0 Å². The third-order valence-electron chi connectivity index (χ3n) is 6.00. The molecule has 0 bridgehead atoms. The molecule has 1 aliphatic heterocycles. The smallest absolute Gasteiger partial charge is 0.308 e. The summed E-state index contributed by atoms with van der Waals surface area (Å²) >= 11 is 0. The minimum Gasteiger partial charge on any atom is -0.308 e. The number of rotatable bonds is 9. The Balaban J connectivity index is 1.52. The molecule has 1 saturated heterocycles. The normalized spacial score (nSPS) is 16.4. The molecule has 11 nitrogen and oxygen atoms in total. The summed E-state index contributed by atoms with van der Waals surface area (Å²) in [6.45, 7) is 1.22. The first kappa shape index (κ1) is 29.0. The van der Waals surface area contributed by atoms with Gasteiger partial charge in [-0.2, -0.15) is 26.3 Å². The highest BCUT2D eigenvalue weighted by Crippen LogP contribution is 2.33. The number of aromatic nitrogens is 1. The van der Waals surface area contributed by atoms with Crippen LogP contribution in [0, 0.1) is 0 Å². The monoisotopic (exact) mass is 597 g/mol. The number of halogens is 3. The van der Waals surface area contributed by atoms with Crippen LogP contribution in [0.1, 0.15) is 18.1 Å². The van der Waals surface area contributed by atoms with Crippen LogP contribution in [0.3, 0.4) is 0 Å². The molecule has 16 heteroatoms. The lowest BCUT2D eigenvalue weighted by atomic mass is 10.2. The molecule has 0 aliphatic carbocycles. The Bertz CT molecular complexity index is 1630. The minimum atomic E-state index is -5.61. The van der Waals surface area contributed by atoms with Crippen molar-refractivity contribution in [3.63, 3.8) is 0 Å². The summed E-state index contributed by atoms with van der Waals surface area (Å²) in [7, 11) is -9.67. The van der Waals surface area contributed by atoms with Crippen LogP contribution in [0.4, 0.5) is 29.3 Å². The Hall–Kier alpha value is -4.02. The van der Waals surface area contributed by atoms with Gasteiger partial charge >= 0.3 is 11.5 Å². The molecule has 212 valence electrons. The van der Waals surface area contributed by atoms with Crippen molar-refractivity contribution in [3.8, 4) is 0 Å². The first-order valence-corrected chi connectivity index (χ1v) is 14.5. The van der Waals surface area contributed by atoms with Crippen LogP contribution in [-0.2, 0) is 37.9 Å². The van der Waals surface area contributed by atoms with E-state index in [2.05, 4.69) is 14.4 Å². The van der Waals surface area contributed by atoms with E-state index in [4.69, 9.17) is 0 Å². The van der Waals surface area contributed by atoms with E-state index < -0.39 is 48.4 Å². The molecule has 2 N–H and O–H groups in total. The molecule has 0 spiro atoms. The van der Waals surface area contributed by atoms with Crippen LogP contribution < -0.4 is 14.3 Å². The Morgan fingerprint density at radius 2 is 1.60 bits per heavy atom. The Morgan fingerprint density at radius 1 is 0.950 bits per heavy atom. The highest BCUT2D eigenvalue weighted by atomic mass is 32.2. The van der Waals surface area contributed by atoms with Crippen LogP contribution in [0.2, 0.25) is 0 Å². The predicted molar refractivity (Wildman–Crippen MR) is 138 cm³/mol. The molecule has 3 aromatic rings. The number of pyridine rings is 1. The fourth-order valence-electron chi connectivity index (χ4n) is 3.85. The van der Waals surface area contributed by atoms with E-state index in [9.17, 15) is 39.6 Å². The maximum Gasteiger partial charge on any atom is 0.501 e. The quantitative estimate of drug-likeness (QED) is 0.360. The van der Waals surface area contributed by atoms with Crippen LogP contribution in [0.15, 0.2) is 78.0 Å². The fourth-order valence-corrected chi connectivity index (χ4v) is 5.51. The number of nitrogens with one attached hydrogen (secondary N) is 2. The number of anilines is 2. The molecular weight excluding hydrogens is 575 g/mol. The van der Waals surface area contributed by atoms with Crippen LogP contribution >= 0.6 is 0 Å². The zero-order valence-electron chi connectivity index (χ0n) is 20.7. The summed E-state index contributed by atoms with van der Waals surface area (Å²) in [5, 5.41) is 0. The lowest BCUT2D eigenvalue weighted by Gasteiger charge is -2.21. The minimum absolute atomic E-state index is 0.0138. The molecule has 1 fully saturated rings. The number of urea groups is 1. The molecular formula is C24H22F3N5O6S2. The summed E-state index contributed by atoms with van der Waals surface area (Å²) in [4.78, 5) is 30.8. The van der Waals surface area contributed by atoms with E-state index in [-0.39, 0.29) is 24.5 Å². The molecule has 1 aromatic heterocycles. The molecule has 1 unspecified atom stereocenters. The van der Waals surface area contributed by atoms with E-state index in [0.717, 1.165) is 22.6 Å². The third-order valence-corrected chi connectivity index (χ3v) is 8.51. The van der Waals surface area contributed by atoms with Gasteiger partial charge in [0.15, 0.2) is 0 Å². The summed E-state index contributed by atoms with van der Waals surface area (Å²) in [6, 6.07) is 11.5. The average Bonchev–Trinajstić information content (AvgIpc) is 3.11. The zero-order chi connectivity index (χ0) is 29.3. The van der Waals surface area contributed by atoms with Gasteiger partial charge in [-0.15, -0.1) is 0 Å². The average molecular weight is 598 g/mol. The molecule has 2 aromatic carbocycles. The maximum atomic E-state index is 13.2. The topological polar surface area (TPSA) is 146 Å². The second-order valence-corrected chi connectivity index (χ2v) is 12.1. The summed E-state index contributed by atoms with van der Waals surface area (Å²) in [6.07, 6.45) is 2.61. The molecule has 0 saturated carbocycles. The molecule has 40 heavy (non-hydrogen) atoms. The Labute approximate surface area is 227 Å². The van der Waals surface area contributed by atoms with Gasteiger partial charge in [0.2, 0.25) is 0 Å². The first-order chi connectivity index (χ1) is 18.7. The number of nitrogens with zero attached hydrogens (tertiary/aromatic N) is 3. The number of carbonyl (C=O) groups excluding carboxylic acids is 2. The number of amides is 3. The second-order valence-electron chi connectivity index (χ2n) is 8.65. The predicted octanol–water partition coefficient (Wildman–Crippen LogP) is 3.18. The van der Waals surface area contributed by atoms with Crippen molar-refractivity contribution in [2.75, 3.05) is 9.62 Å². The number of imide groups is 1. The van der Waals surface area contributed by atoms with Crippen molar-refractivity contribution >= 4 is 43.4 Å². The van der Waals surface area contributed by atoms with E-state index >= 15 is 0 Å². The lowest BCUT2D eigenvalue weighted by Crippen LogP contribution is -2.34. The standard InChI is InChI=1S/C24H22F3N5O6S2/c1-16-22(33)32(19-7-9-20(10-8-19)39(35,36)24(25,26)27)23(34)31(16)15-18-11-12-28-14-21(18)30-40(37,38)29-13-17-5-3-2-4-6-17/h2-12,14,16,29-30H,13,15H2,1H3. The zero-order valence-corrected chi connectivity index (χ0v) is 22.3. The maximum absolute atomic E-state index is 13.2. The number of alkyl halides is 3. The van der Waals surface area contributed by atoms with Crippen LogP contribution in [0.25, 0.3) is 0 Å². The molecule has 4 rings (SSSR count). The van der Waals surface area contributed by atoms with Gasteiger partial charge in [0.1, 0.15) is 6.04 Å². The number of hydrogen-bond donors (Lipinski definition) is 2. The molecule has 1 atom stereocenters. The SMILES string of the molecule is CC1C(=O)N(c2ccc(S(=O)(=O)C(F)(F)F)cc2)C(=O)N1Cc1ccncc1NS(=O)(=O)NCc1ccccc1. The summed E-state index contributed by atoms with van der Waals surface area (Å²) in [5.41, 5.74) is -4.57. The van der Waals surface area contributed by atoms with Gasteiger partial charge in [-0.25, -0.2) is 18.1 Å². The van der Waals surface area contributed by atoms with Gasteiger partial charge in [-0.3, -0.25) is 14.5 Å². The van der Waals surface area contributed by atoms with Gasteiger partial charge < -0.3 is 4.90 Å². The number of hydrogen-bond acceptors (Lipinski definition) is 7. The molecule has 2 heterocycles. The number of sulfone groups is 1. The van der Waals surface area contributed by atoms with Crippen LogP contribution in [0.5, 0.6) is 0 Å². The largest absolute Gasteiger partial charge is 0.501 e. The van der Waals surface area contributed by atoms with E-state index in [0.29, 0.717) is 22.6 Å². The van der Waals surface area contributed by atoms with Gasteiger partial charge in [0.25, 0.3) is 26.0 Å². The van der Waals surface area contributed by atoms with Crippen molar-refractivity contribution < 1.29 is 39.6 Å². The molecule has 3 amide bonds. The summed E-state index contributed by atoms with van der Waals surface area (Å²) in [5.74, 6) is -0.711. The van der Waals surface area contributed by atoms with Gasteiger partial charge in [0.05, 0.1) is 29.0 Å². The van der Waals surface area contributed by atoms with Gasteiger partial charge in [0, 0.05) is 12.7 Å². The Morgan fingerprint density at radius 3 is 2.23 bits per heavy atom. The third kappa shape index (κ3) is 5.93. The summed E-state index contributed by atoms with van der Waals surface area (Å²) < 4.78 is 91.8. The van der Waals surface area contributed by atoms with Gasteiger partial charge in [-0.05, 0) is 48.4 Å². The first-order valence-electron chi connectivity index (χ1n) is 11.5. The van der Waals surface area contributed by atoms with Crippen LogP contribution in [-0.4, -0.2) is 50.2 Å². The van der Waals surface area contributed by atoms with Crippen molar-refractivity contribution in [3.05, 3.63) is 84.2 Å². The fraction of sp³-hybridized carbons (Fsp3) is 0.208. The molecule has 1 aliphatic rings. The molecule has 0 radical (unpaired) electrons. The highest BCUT2D eigenvalue weighted by molar-refractivity contribution is 7.92. The van der Waals surface area contributed by atoms with Crippen molar-refractivity contribution in [2.45, 2.75) is 36.5 Å². The van der Waals surface area contributed by atoms with E-state index in [1.54, 1.807) is 30.3 Å². The number of carbonyl (C=O) groups is 2. The Kier molecular flexibility index (Phi) is 7.87. The lowest BCUT2D eigenvalue weighted by molar-refractivity contribution is -0.119. The second kappa shape index (κ2) is 10.9. The van der Waals surface area contributed by atoms with Crippen molar-refractivity contribution in [1.29, 1.82) is 0 Å². The van der Waals surface area contributed by atoms with Gasteiger partial charge in [-0.1, -0.05) is 30.3 Å². The number of benzene rings is 2.